The van der Waals surface area contributed by atoms with Crippen molar-refractivity contribution < 1.29 is 14.4 Å². The summed E-state index contributed by atoms with van der Waals surface area (Å²) < 4.78 is 0. The molecule has 3 atom stereocenters. The Morgan fingerprint density at radius 3 is 2.06 bits per heavy atom. The van der Waals surface area contributed by atoms with E-state index in [-0.39, 0.29) is 29.7 Å². The van der Waals surface area contributed by atoms with Gasteiger partial charge in [0.15, 0.2) is 0 Å². The van der Waals surface area contributed by atoms with E-state index < -0.39 is 6.04 Å². The molecule has 1 N–H and O–H groups in total. The summed E-state index contributed by atoms with van der Waals surface area (Å²) in [7, 11) is 0. The highest BCUT2D eigenvalue weighted by Crippen LogP contribution is 2.18. The van der Waals surface area contributed by atoms with Crippen molar-refractivity contribution in [3.05, 3.63) is 0 Å². The van der Waals surface area contributed by atoms with E-state index in [4.69, 9.17) is 0 Å². The van der Waals surface area contributed by atoms with Crippen LogP contribution in [0.5, 0.6) is 0 Å². The fourth-order valence-electron chi connectivity index (χ4n) is 4.39. The molecule has 3 amide bonds. The van der Waals surface area contributed by atoms with E-state index in [9.17, 15) is 14.4 Å². The molecule has 1 aliphatic rings. The number of carbonyl (C=O) groups excluding carboxylic acids is 3. The first kappa shape index (κ1) is 28.4. The van der Waals surface area contributed by atoms with E-state index in [0.29, 0.717) is 32.5 Å². The lowest BCUT2D eigenvalue weighted by Crippen LogP contribution is -2.60. The van der Waals surface area contributed by atoms with Crippen LogP contribution in [0.4, 0.5) is 0 Å². The first-order valence-electron chi connectivity index (χ1n) is 13.2. The molecule has 0 aromatic heterocycles. The van der Waals surface area contributed by atoms with Crippen LogP contribution in [0.15, 0.2) is 0 Å². The highest BCUT2D eigenvalue weighted by molar-refractivity contribution is 5.88. The van der Waals surface area contributed by atoms with Crippen molar-refractivity contribution in [2.75, 3.05) is 19.6 Å². The number of carbonyl (C=O) groups is 3. The normalized spacial score (nSPS) is 18.3. The van der Waals surface area contributed by atoms with E-state index in [1.165, 1.54) is 19.3 Å². The maximum Gasteiger partial charge on any atom is 0.245 e. The second kappa shape index (κ2) is 16.1. The predicted octanol–water partition coefficient (Wildman–Crippen LogP) is 4.91. The smallest absolute Gasteiger partial charge is 0.245 e. The molecule has 1 rings (SSSR count). The predicted molar refractivity (Wildman–Crippen MR) is 131 cm³/mol. The zero-order chi connectivity index (χ0) is 23.9. The Labute approximate surface area is 196 Å². The van der Waals surface area contributed by atoms with Crippen molar-refractivity contribution in [3.8, 4) is 0 Å². The van der Waals surface area contributed by atoms with Crippen LogP contribution in [0.3, 0.4) is 0 Å². The van der Waals surface area contributed by atoms with E-state index >= 15 is 0 Å². The summed E-state index contributed by atoms with van der Waals surface area (Å²) in [6, 6.07) is -0.468. The average molecular weight is 452 g/mol. The molecule has 0 bridgehead atoms. The van der Waals surface area contributed by atoms with Crippen LogP contribution in [-0.4, -0.2) is 59.2 Å². The first-order valence-corrected chi connectivity index (χ1v) is 13.2. The van der Waals surface area contributed by atoms with Gasteiger partial charge in [-0.3, -0.25) is 14.4 Å². The van der Waals surface area contributed by atoms with E-state index in [2.05, 4.69) is 26.1 Å². The molecule has 1 heterocycles. The van der Waals surface area contributed by atoms with Crippen LogP contribution in [-0.2, 0) is 14.4 Å². The van der Waals surface area contributed by atoms with Gasteiger partial charge < -0.3 is 15.1 Å². The van der Waals surface area contributed by atoms with Gasteiger partial charge in [-0.2, -0.15) is 0 Å². The summed E-state index contributed by atoms with van der Waals surface area (Å²) in [4.78, 5) is 42.2. The van der Waals surface area contributed by atoms with Crippen molar-refractivity contribution in [3.63, 3.8) is 0 Å². The second-order valence-corrected chi connectivity index (χ2v) is 9.63. The third-order valence-corrected chi connectivity index (χ3v) is 6.81. The van der Waals surface area contributed by atoms with Crippen molar-refractivity contribution in [2.24, 2.45) is 5.92 Å². The maximum absolute atomic E-state index is 13.3. The quantitative estimate of drug-likeness (QED) is 0.360. The number of piperazine rings is 1. The fourth-order valence-corrected chi connectivity index (χ4v) is 4.39. The number of nitrogens with one attached hydrogen (secondary N) is 1. The molecule has 186 valence electrons. The largest absolute Gasteiger partial charge is 0.344 e. The SMILES string of the molecule is CCCCCCCC(=O)N1CCN(C(=O)C(NC(=O)CCCCCC)C(C)CC)CC1C. The zero-order valence-corrected chi connectivity index (χ0v) is 21.5. The number of hydrogen-bond donors (Lipinski definition) is 1. The molecule has 0 aromatic carbocycles. The maximum atomic E-state index is 13.3. The molecule has 0 saturated carbocycles. The van der Waals surface area contributed by atoms with Crippen molar-refractivity contribution in [1.29, 1.82) is 0 Å². The van der Waals surface area contributed by atoms with Crippen molar-refractivity contribution in [2.45, 2.75) is 124 Å². The Balaban J connectivity index is 2.58. The first-order chi connectivity index (χ1) is 15.3. The van der Waals surface area contributed by atoms with Gasteiger partial charge in [0.2, 0.25) is 17.7 Å². The molecular formula is C26H49N3O3. The highest BCUT2D eigenvalue weighted by atomic mass is 16.2. The number of nitrogens with zero attached hydrogens (tertiary/aromatic N) is 2. The van der Waals surface area contributed by atoms with Crippen molar-refractivity contribution in [1.82, 2.24) is 15.1 Å². The molecule has 0 radical (unpaired) electrons. The van der Waals surface area contributed by atoms with Crippen LogP contribution in [0.25, 0.3) is 0 Å². The number of unbranched alkanes of at least 4 members (excludes halogenated alkanes) is 7. The Morgan fingerprint density at radius 1 is 0.875 bits per heavy atom. The van der Waals surface area contributed by atoms with Gasteiger partial charge in [0, 0.05) is 38.5 Å². The summed E-state index contributed by atoms with van der Waals surface area (Å²) in [5.74, 6) is 0.268. The Bertz CT molecular complexity index is 567. The minimum atomic E-state index is -0.480. The van der Waals surface area contributed by atoms with Crippen LogP contribution in [0.1, 0.15) is 112 Å². The third-order valence-electron chi connectivity index (χ3n) is 6.81. The van der Waals surface area contributed by atoms with Gasteiger partial charge in [0.05, 0.1) is 0 Å². The fraction of sp³-hybridized carbons (Fsp3) is 0.885. The average Bonchev–Trinajstić information content (AvgIpc) is 2.79. The Hall–Kier alpha value is -1.59. The molecule has 6 heteroatoms. The molecule has 0 spiro atoms. The van der Waals surface area contributed by atoms with E-state index in [1.54, 1.807) is 0 Å². The molecule has 1 aliphatic heterocycles. The van der Waals surface area contributed by atoms with E-state index in [1.807, 2.05) is 23.6 Å². The van der Waals surface area contributed by atoms with Crippen molar-refractivity contribution >= 4 is 17.7 Å². The standard InChI is InChI=1S/C26H49N3O3/c1-6-9-11-13-15-17-24(31)29-19-18-28(20-22(29)5)26(32)25(21(4)8-3)27-23(30)16-14-12-10-7-2/h21-22,25H,6-20H2,1-5H3,(H,27,30). The third kappa shape index (κ3) is 9.91. The van der Waals surface area contributed by atoms with Crippen LogP contribution >= 0.6 is 0 Å². The summed E-state index contributed by atoms with van der Waals surface area (Å²) >= 11 is 0. The molecule has 3 unspecified atom stereocenters. The van der Waals surface area contributed by atoms with Crippen LogP contribution in [0.2, 0.25) is 0 Å². The van der Waals surface area contributed by atoms with Gasteiger partial charge in [-0.1, -0.05) is 79.1 Å². The molecule has 6 nitrogen and oxygen atoms in total. The van der Waals surface area contributed by atoms with Gasteiger partial charge in [-0.25, -0.2) is 0 Å². The minimum absolute atomic E-state index is 0.000210. The molecule has 0 aliphatic carbocycles. The van der Waals surface area contributed by atoms with Gasteiger partial charge in [0.25, 0.3) is 0 Å². The second-order valence-electron chi connectivity index (χ2n) is 9.63. The van der Waals surface area contributed by atoms with Crippen LogP contribution < -0.4 is 5.32 Å². The molecule has 0 aromatic rings. The number of rotatable bonds is 15. The summed E-state index contributed by atoms with van der Waals surface area (Å²) in [6.45, 7) is 12.1. The lowest BCUT2D eigenvalue weighted by atomic mass is 9.96. The van der Waals surface area contributed by atoms with Gasteiger partial charge in [0.1, 0.15) is 6.04 Å². The lowest BCUT2D eigenvalue weighted by molar-refractivity contribution is -0.145. The summed E-state index contributed by atoms with van der Waals surface area (Å²) in [6.07, 6.45) is 11.8. The molecule has 1 fully saturated rings. The molecule has 1 saturated heterocycles. The highest BCUT2D eigenvalue weighted by Gasteiger charge is 2.34. The summed E-state index contributed by atoms with van der Waals surface area (Å²) in [5, 5.41) is 3.02. The molecule has 32 heavy (non-hydrogen) atoms. The minimum Gasteiger partial charge on any atom is -0.344 e. The monoisotopic (exact) mass is 451 g/mol. The number of hydrogen-bond acceptors (Lipinski definition) is 3. The Morgan fingerprint density at radius 2 is 1.47 bits per heavy atom. The van der Waals surface area contributed by atoms with E-state index in [0.717, 1.165) is 44.9 Å². The van der Waals surface area contributed by atoms with Gasteiger partial charge in [-0.05, 0) is 25.7 Å². The van der Waals surface area contributed by atoms with Gasteiger partial charge >= 0.3 is 0 Å². The topological polar surface area (TPSA) is 69.7 Å². The summed E-state index contributed by atoms with van der Waals surface area (Å²) in [5.41, 5.74) is 0. The Kier molecular flexibility index (Phi) is 14.3. The lowest BCUT2D eigenvalue weighted by Gasteiger charge is -2.41. The molecular weight excluding hydrogens is 402 g/mol. The number of amides is 3. The van der Waals surface area contributed by atoms with Crippen LogP contribution in [0, 0.1) is 5.92 Å². The zero-order valence-electron chi connectivity index (χ0n) is 21.5. The van der Waals surface area contributed by atoms with Gasteiger partial charge in [-0.15, -0.1) is 0 Å².